The zero-order valence-electron chi connectivity index (χ0n) is 20.1. The molecule has 0 saturated carbocycles. The van der Waals surface area contributed by atoms with Crippen molar-refractivity contribution in [2.45, 2.75) is 25.8 Å². The van der Waals surface area contributed by atoms with E-state index in [1.54, 1.807) is 0 Å². The number of benzene rings is 3. The third kappa shape index (κ3) is 3.89. The first-order valence-corrected chi connectivity index (χ1v) is 36.0. The van der Waals surface area contributed by atoms with Crippen LogP contribution in [0.3, 0.4) is 0 Å². The van der Waals surface area contributed by atoms with E-state index in [0.717, 1.165) is 0 Å². The summed E-state index contributed by atoms with van der Waals surface area (Å²) in [5, 5.41) is 2.63. The third-order valence-electron chi connectivity index (χ3n) is 8.62. The van der Waals surface area contributed by atoms with Gasteiger partial charge in [-0.1, -0.05) is 0 Å². The van der Waals surface area contributed by atoms with E-state index in [0.29, 0.717) is 7.25 Å². The standard InChI is InChI=1S/C19H13.C5H5.4CH3.2ClH.2H2Si.Zr/c1-2-10-16-14(6-1)8-4-12-18(16)19-13-5-9-15-7-3-11-17(15)19;1-2-4-5-3-1;;;;;;;;;/h1-13H;1-5H;4*1H3;2*1H;2*1H2;/p-2. The molecule has 0 fully saturated rings. The fourth-order valence-corrected chi connectivity index (χ4v) is 29.3. The first-order valence-electron chi connectivity index (χ1n) is 11.5. The Hall–Kier alpha value is -0.963. The normalized spacial score (nSPS) is 21.8. The molecular weight excluding hydrogens is 555 g/mol. The predicted molar refractivity (Wildman–Crippen MR) is 144 cm³/mol. The molecule has 0 spiro atoms. The van der Waals surface area contributed by atoms with Crippen molar-refractivity contribution in [3.8, 4) is 11.1 Å². The molecule has 0 aliphatic heterocycles. The van der Waals surface area contributed by atoms with Gasteiger partial charge in [-0.15, -0.1) is 0 Å². The van der Waals surface area contributed by atoms with Crippen LogP contribution >= 0.6 is 0 Å². The van der Waals surface area contributed by atoms with E-state index in [9.17, 15) is 0 Å². The minimum atomic E-state index is -4.75. The quantitative estimate of drug-likeness (QED) is 0.402. The maximum absolute atomic E-state index is 4.75. The first-order chi connectivity index (χ1) is 14.1. The summed E-state index contributed by atoms with van der Waals surface area (Å²) in [5.41, 5.74) is 5.60. The van der Waals surface area contributed by atoms with Gasteiger partial charge in [0.15, 0.2) is 0 Å². The molecule has 1 atom stereocenters. The second-order valence-corrected chi connectivity index (χ2v) is 120. The maximum atomic E-state index is 2.68. The molecule has 0 amide bonds. The smallest absolute Gasteiger partial charge is 1.00 e. The van der Waals surface area contributed by atoms with Gasteiger partial charge in [0.1, 0.15) is 0 Å². The molecule has 0 heterocycles. The predicted octanol–water partition coefficient (Wildman–Crippen LogP) is 1.08. The Morgan fingerprint density at radius 1 is 0.667 bits per heavy atom. The van der Waals surface area contributed by atoms with E-state index in [1.807, 2.05) is 0 Å². The van der Waals surface area contributed by atoms with Crippen molar-refractivity contribution in [3.05, 3.63) is 102 Å². The molecule has 0 radical (unpaired) electrons. The van der Waals surface area contributed by atoms with Gasteiger partial charge in [0, 0.05) is 0 Å². The summed E-state index contributed by atoms with van der Waals surface area (Å²) in [6.07, 6.45) is 14.4. The van der Waals surface area contributed by atoms with Crippen molar-refractivity contribution < 1.29 is 36.4 Å². The van der Waals surface area contributed by atoms with Crippen molar-refractivity contribution in [2.24, 2.45) is 0 Å². The van der Waals surface area contributed by atoms with Crippen LogP contribution in [-0.4, -0.2) is 13.8 Å². The van der Waals surface area contributed by atoms with Gasteiger partial charge in [-0.05, 0) is 0 Å². The second kappa shape index (κ2) is 6.23. The Kier molecular flexibility index (Phi) is 5.03. The topological polar surface area (TPSA) is 0 Å². The van der Waals surface area contributed by atoms with E-state index in [2.05, 4.69) is 129 Å². The van der Waals surface area contributed by atoms with Gasteiger partial charge < -0.3 is 24.8 Å². The van der Waals surface area contributed by atoms with Crippen LogP contribution in [0.15, 0.2) is 91.0 Å². The molecule has 3 aromatic rings. The molecule has 2 aliphatic carbocycles. The van der Waals surface area contributed by atoms with E-state index in [4.69, 9.17) is 0 Å². The van der Waals surface area contributed by atoms with E-state index in [-0.39, 0.29) is 24.8 Å². The molecular formula is C28H34Cl2Si2Zr-2. The van der Waals surface area contributed by atoms with Crippen LogP contribution in [0.2, 0.25) is 22.2 Å². The molecule has 33 heavy (non-hydrogen) atoms. The molecule has 174 valence electrons. The molecule has 0 N–H and O–H groups in total. The molecule has 0 aromatic heterocycles. The Morgan fingerprint density at radius 2 is 1.24 bits per heavy atom. The molecule has 2 aliphatic rings. The molecule has 0 saturated heterocycles. The van der Waals surface area contributed by atoms with Crippen molar-refractivity contribution >= 4 is 30.6 Å². The van der Waals surface area contributed by atoms with Gasteiger partial charge in [0.25, 0.3) is 0 Å². The molecule has 0 bridgehead atoms. The largest absolute Gasteiger partial charge is 1.00 e. The Labute approximate surface area is 204 Å². The average Bonchev–Trinajstić information content (AvgIpc) is 3.37. The van der Waals surface area contributed by atoms with Crippen molar-refractivity contribution in [3.63, 3.8) is 0 Å². The van der Waals surface area contributed by atoms with E-state index >= 15 is 0 Å². The zero-order valence-corrected chi connectivity index (χ0v) is 26.9. The van der Waals surface area contributed by atoms with Crippen LogP contribution in [0.4, 0.5) is 0 Å². The number of allylic oxidation sites excluding steroid dienone is 5. The average molecular weight is 589 g/mol. The summed E-state index contributed by atoms with van der Waals surface area (Å²) in [5.74, 6) is 0. The monoisotopic (exact) mass is 586 g/mol. The number of hydrogen-bond donors (Lipinski definition) is 0. The fraction of sp³-hybridized carbons (Fsp3) is 0.214. The minimum absolute atomic E-state index is 0. The van der Waals surface area contributed by atoms with Crippen LogP contribution in [0.5, 0.6) is 0 Å². The van der Waals surface area contributed by atoms with Crippen molar-refractivity contribution in [2.75, 3.05) is 0 Å². The Balaban J connectivity index is 0.00000153. The SMILES string of the molecule is [CH3][Zr]([CH3])([CH3])([CH3])(=[SiH2])(=[SiH2])([CH]1C=CC=C1)[CH]1C=Cc2c(-c3cccc4ccccc34)cccc21.[Cl-].[Cl-]. The van der Waals surface area contributed by atoms with E-state index in [1.165, 1.54) is 33.0 Å². The third-order valence-corrected chi connectivity index (χ3v) is 40.6. The van der Waals surface area contributed by atoms with Gasteiger partial charge in [-0.25, -0.2) is 0 Å². The molecule has 3 aromatic carbocycles. The summed E-state index contributed by atoms with van der Waals surface area (Å²) < 4.78 is 11.6. The van der Waals surface area contributed by atoms with E-state index < -0.39 is 11.6 Å². The number of hydrogen-bond acceptors (Lipinski definition) is 0. The molecule has 1 unspecified atom stereocenters. The van der Waals surface area contributed by atoms with Gasteiger partial charge in [-0.3, -0.25) is 0 Å². The zero-order chi connectivity index (χ0) is 22.3. The molecule has 5 heteroatoms. The van der Waals surface area contributed by atoms with Gasteiger partial charge >= 0.3 is 181 Å². The minimum Gasteiger partial charge on any atom is -1.00 e. The van der Waals surface area contributed by atoms with Crippen molar-refractivity contribution in [1.29, 1.82) is 0 Å². The molecule has 0 nitrogen and oxygen atoms in total. The summed E-state index contributed by atoms with van der Waals surface area (Å²) in [7, 11) is 0. The Morgan fingerprint density at radius 3 is 1.94 bits per heavy atom. The van der Waals surface area contributed by atoms with Crippen molar-refractivity contribution in [1.82, 2.24) is 0 Å². The number of rotatable bonds is 3. The van der Waals surface area contributed by atoms with Crippen LogP contribution < -0.4 is 24.8 Å². The number of halogens is 2. The number of fused-ring (bicyclic) bond motifs is 2. The van der Waals surface area contributed by atoms with Crippen LogP contribution in [0.1, 0.15) is 14.8 Å². The first kappa shape index (κ1) is 26.6. The summed E-state index contributed by atoms with van der Waals surface area (Å²) in [6, 6.07) is 22.4. The Bertz CT molecular complexity index is 1640. The van der Waals surface area contributed by atoms with Gasteiger partial charge in [0.2, 0.25) is 0 Å². The second-order valence-electron chi connectivity index (χ2n) is 15.8. The van der Waals surface area contributed by atoms with Crippen LogP contribution in [0, 0.1) is 0 Å². The van der Waals surface area contributed by atoms with Crippen LogP contribution in [0.25, 0.3) is 28.0 Å². The van der Waals surface area contributed by atoms with Crippen LogP contribution in [-0.2, 0) is 11.6 Å². The fourth-order valence-electron chi connectivity index (χ4n) is 6.33. The molecule has 5 rings (SSSR count). The summed E-state index contributed by atoms with van der Waals surface area (Å²) in [4.78, 5) is 0. The maximum Gasteiger partial charge on any atom is -1.00 e. The summed E-state index contributed by atoms with van der Waals surface area (Å²) in [6.45, 7) is 4.74. The summed E-state index contributed by atoms with van der Waals surface area (Å²) >= 11 is -4.75. The van der Waals surface area contributed by atoms with Gasteiger partial charge in [-0.2, -0.15) is 0 Å². The van der Waals surface area contributed by atoms with Gasteiger partial charge in [0.05, 0.1) is 0 Å².